The van der Waals surface area contributed by atoms with Crippen molar-refractivity contribution in [2.45, 2.75) is 35.8 Å². The average molecular weight is 392 g/mol. The number of hydrogen-bond acceptors (Lipinski definition) is 5. The van der Waals surface area contributed by atoms with Crippen LogP contribution in [0.25, 0.3) is 0 Å². The Morgan fingerprint density at radius 2 is 1.67 bits per heavy atom. The summed E-state index contributed by atoms with van der Waals surface area (Å²) in [6, 6.07) is 13.9. The van der Waals surface area contributed by atoms with Crippen LogP contribution in [0.3, 0.4) is 0 Å². The second-order valence-corrected chi connectivity index (χ2v) is 8.25. The highest BCUT2D eigenvalue weighted by Gasteiger charge is 2.34. The Hall–Kier alpha value is -2.54. The Kier molecular flexibility index (Phi) is 7.24. The quantitative estimate of drug-likeness (QED) is 0.624. The first kappa shape index (κ1) is 20.8. The second kappa shape index (κ2) is 9.41. The number of aliphatic carboxylic acids is 1. The molecule has 0 aliphatic heterocycles. The number of carbonyl (C=O) groups is 1. The molecule has 2 aromatic rings. The lowest BCUT2D eigenvalue weighted by atomic mass is 10.1. The van der Waals surface area contributed by atoms with Gasteiger partial charge in [-0.2, -0.15) is 0 Å². The molecule has 7 heteroatoms. The van der Waals surface area contributed by atoms with Crippen molar-refractivity contribution >= 4 is 15.8 Å². The van der Waals surface area contributed by atoms with Gasteiger partial charge < -0.3 is 14.6 Å². The maximum atomic E-state index is 12.8. The lowest BCUT2D eigenvalue weighted by Gasteiger charge is -2.15. The molecule has 0 aliphatic carbocycles. The van der Waals surface area contributed by atoms with Crippen LogP contribution in [0.4, 0.5) is 0 Å². The summed E-state index contributed by atoms with van der Waals surface area (Å²) in [4.78, 5) is 11.5. The Bertz CT molecular complexity index is 861. The van der Waals surface area contributed by atoms with Crippen molar-refractivity contribution in [1.29, 1.82) is 0 Å². The largest absolute Gasteiger partial charge is 0.493 e. The van der Waals surface area contributed by atoms with Gasteiger partial charge in [-0.15, -0.1) is 0 Å². The molecule has 6 nitrogen and oxygen atoms in total. The maximum absolute atomic E-state index is 12.8. The van der Waals surface area contributed by atoms with Crippen molar-refractivity contribution in [3.8, 4) is 11.5 Å². The summed E-state index contributed by atoms with van der Waals surface area (Å²) in [7, 11) is -1.20. The molecule has 0 heterocycles. The van der Waals surface area contributed by atoms with Crippen molar-refractivity contribution in [3.05, 3.63) is 54.1 Å². The molecule has 0 fully saturated rings. The molecule has 1 N–H and O–H groups in total. The first-order chi connectivity index (χ1) is 12.9. The Morgan fingerprint density at radius 3 is 2.26 bits per heavy atom. The van der Waals surface area contributed by atoms with Crippen LogP contribution in [0, 0.1) is 0 Å². The fraction of sp³-hybridized carbons (Fsp3) is 0.350. The van der Waals surface area contributed by atoms with E-state index in [1.807, 2.05) is 30.3 Å². The minimum absolute atomic E-state index is 0.0544. The monoisotopic (exact) mass is 392 g/mol. The van der Waals surface area contributed by atoms with Gasteiger partial charge in [-0.25, -0.2) is 8.42 Å². The fourth-order valence-corrected chi connectivity index (χ4v) is 4.47. The van der Waals surface area contributed by atoms with E-state index >= 15 is 0 Å². The minimum atomic E-state index is -4.04. The van der Waals surface area contributed by atoms with Crippen molar-refractivity contribution in [2.75, 3.05) is 14.2 Å². The van der Waals surface area contributed by atoms with Gasteiger partial charge in [0.15, 0.2) is 26.6 Å². The maximum Gasteiger partial charge on any atom is 0.322 e. The van der Waals surface area contributed by atoms with E-state index in [4.69, 9.17) is 9.47 Å². The van der Waals surface area contributed by atoms with Gasteiger partial charge in [0.25, 0.3) is 0 Å². The van der Waals surface area contributed by atoms with E-state index in [2.05, 4.69) is 0 Å². The van der Waals surface area contributed by atoms with Crippen molar-refractivity contribution in [1.82, 2.24) is 0 Å². The molecule has 1 unspecified atom stereocenters. The zero-order valence-electron chi connectivity index (χ0n) is 15.4. The second-order valence-electron chi connectivity index (χ2n) is 6.12. The SMILES string of the molecule is COc1ccc(S(=O)(=O)C(CCCCc2ccccc2)C(=O)O)cc1OC. The standard InChI is InChI=1S/C20H24O6S/c1-25-17-13-12-16(14-18(17)26-2)27(23,24)19(20(21)22)11-7-6-10-15-8-4-3-5-9-15/h3-5,8-9,12-14,19H,6-7,10-11H2,1-2H3,(H,21,22). The number of rotatable bonds is 10. The van der Waals surface area contributed by atoms with Crippen LogP contribution >= 0.6 is 0 Å². The van der Waals surface area contributed by atoms with E-state index in [-0.39, 0.29) is 17.1 Å². The summed E-state index contributed by atoms with van der Waals surface area (Å²) in [5, 5.41) is 7.98. The van der Waals surface area contributed by atoms with Gasteiger partial charge >= 0.3 is 5.97 Å². The Labute approximate surface area is 159 Å². The third-order valence-electron chi connectivity index (χ3n) is 4.36. The minimum Gasteiger partial charge on any atom is -0.493 e. The lowest BCUT2D eigenvalue weighted by molar-refractivity contribution is -0.136. The summed E-state index contributed by atoms with van der Waals surface area (Å²) in [5.41, 5.74) is 1.15. The Balaban J connectivity index is 2.11. The number of methoxy groups -OCH3 is 2. The highest BCUT2D eigenvalue weighted by molar-refractivity contribution is 7.92. The van der Waals surface area contributed by atoms with Crippen LogP contribution in [-0.4, -0.2) is 39.0 Å². The number of ether oxygens (including phenoxy) is 2. The molecule has 0 amide bonds. The highest BCUT2D eigenvalue weighted by atomic mass is 32.2. The van der Waals surface area contributed by atoms with Crippen LogP contribution in [0.1, 0.15) is 24.8 Å². The van der Waals surface area contributed by atoms with Crippen molar-refractivity contribution in [3.63, 3.8) is 0 Å². The molecule has 0 radical (unpaired) electrons. The van der Waals surface area contributed by atoms with Gasteiger partial charge in [0.05, 0.1) is 19.1 Å². The summed E-state index contributed by atoms with van der Waals surface area (Å²) in [6.45, 7) is 0. The molecule has 0 bridgehead atoms. The van der Waals surface area contributed by atoms with E-state index in [1.54, 1.807) is 0 Å². The third-order valence-corrected chi connectivity index (χ3v) is 6.46. The summed E-state index contributed by atoms with van der Waals surface area (Å²) in [5.74, 6) is -0.720. The van der Waals surface area contributed by atoms with Crippen LogP contribution in [-0.2, 0) is 21.1 Å². The number of hydrogen-bond donors (Lipinski definition) is 1. The van der Waals surface area contributed by atoms with E-state index in [1.165, 1.54) is 32.4 Å². The Morgan fingerprint density at radius 1 is 1.00 bits per heavy atom. The first-order valence-electron chi connectivity index (χ1n) is 8.62. The first-order valence-corrected chi connectivity index (χ1v) is 10.2. The summed E-state index contributed by atoms with van der Waals surface area (Å²) >= 11 is 0. The normalized spacial score (nSPS) is 12.4. The molecular weight excluding hydrogens is 368 g/mol. The van der Waals surface area contributed by atoms with E-state index in [9.17, 15) is 18.3 Å². The molecule has 2 rings (SSSR count). The highest BCUT2D eigenvalue weighted by Crippen LogP contribution is 2.31. The van der Waals surface area contributed by atoms with Gasteiger partial charge in [-0.1, -0.05) is 36.8 Å². The summed E-state index contributed by atoms with van der Waals surface area (Å²) in [6.07, 6.45) is 2.05. The molecule has 1 atom stereocenters. The summed E-state index contributed by atoms with van der Waals surface area (Å²) < 4.78 is 35.9. The fourth-order valence-electron chi connectivity index (χ4n) is 2.87. The molecule has 27 heavy (non-hydrogen) atoms. The van der Waals surface area contributed by atoms with Gasteiger partial charge in [0.2, 0.25) is 0 Å². The van der Waals surface area contributed by atoms with Crippen LogP contribution in [0.15, 0.2) is 53.4 Å². The third kappa shape index (κ3) is 5.23. The van der Waals surface area contributed by atoms with E-state index in [0.717, 1.165) is 18.4 Å². The number of aryl methyl sites for hydroxylation is 1. The molecule has 146 valence electrons. The molecule has 0 saturated carbocycles. The number of sulfone groups is 1. The molecule has 0 spiro atoms. The van der Waals surface area contributed by atoms with Crippen LogP contribution < -0.4 is 9.47 Å². The van der Waals surface area contributed by atoms with E-state index in [0.29, 0.717) is 12.2 Å². The van der Waals surface area contributed by atoms with Crippen LogP contribution in [0.2, 0.25) is 0 Å². The number of unbranched alkanes of at least 4 members (excludes halogenated alkanes) is 1. The van der Waals surface area contributed by atoms with Gasteiger partial charge in [-0.3, -0.25) is 4.79 Å². The van der Waals surface area contributed by atoms with E-state index < -0.39 is 21.1 Å². The number of carboxylic acid groups (broad SMARTS) is 1. The van der Waals surface area contributed by atoms with Gasteiger partial charge in [0.1, 0.15) is 0 Å². The van der Waals surface area contributed by atoms with Crippen molar-refractivity contribution in [2.24, 2.45) is 0 Å². The molecule has 0 saturated heterocycles. The smallest absolute Gasteiger partial charge is 0.322 e. The van der Waals surface area contributed by atoms with Gasteiger partial charge in [-0.05, 0) is 37.0 Å². The van der Waals surface area contributed by atoms with Gasteiger partial charge in [0, 0.05) is 6.07 Å². The van der Waals surface area contributed by atoms with Crippen LogP contribution in [0.5, 0.6) is 11.5 Å². The number of benzene rings is 2. The predicted octanol–water partition coefficient (Wildman–Crippen LogP) is 3.34. The predicted molar refractivity (Wildman–Crippen MR) is 102 cm³/mol. The molecule has 0 aliphatic rings. The molecule has 0 aromatic heterocycles. The lowest BCUT2D eigenvalue weighted by Crippen LogP contribution is -2.30. The number of carboxylic acids is 1. The molecule has 2 aromatic carbocycles. The molecular formula is C20H24O6S. The topological polar surface area (TPSA) is 89.9 Å². The zero-order chi connectivity index (χ0) is 19.9. The van der Waals surface area contributed by atoms with Crippen molar-refractivity contribution < 1.29 is 27.8 Å². The average Bonchev–Trinajstić information content (AvgIpc) is 2.67. The zero-order valence-corrected chi connectivity index (χ0v) is 16.2.